The van der Waals surface area contributed by atoms with Crippen LogP contribution in [0.25, 0.3) is 0 Å². The Morgan fingerprint density at radius 2 is 1.70 bits per heavy atom. The van der Waals surface area contributed by atoms with E-state index >= 15 is 0 Å². The molecular weight excluding hydrogens is 404 g/mol. The SMILES string of the molecule is CCN(c1ccccc1)S(=O)(=O)c1cccc(C(=O)OCC(=O)N2CCCCC2)c1. The number of rotatable bonds is 7. The van der Waals surface area contributed by atoms with Gasteiger partial charge in [0, 0.05) is 19.6 Å². The van der Waals surface area contributed by atoms with Gasteiger partial charge in [0.1, 0.15) is 0 Å². The average molecular weight is 431 g/mol. The lowest BCUT2D eigenvalue weighted by molar-refractivity contribution is -0.135. The van der Waals surface area contributed by atoms with E-state index in [9.17, 15) is 18.0 Å². The molecule has 1 aliphatic heterocycles. The van der Waals surface area contributed by atoms with Crippen LogP contribution in [0.15, 0.2) is 59.5 Å². The molecule has 1 saturated heterocycles. The summed E-state index contributed by atoms with van der Waals surface area (Å²) in [5.41, 5.74) is 0.631. The van der Waals surface area contributed by atoms with E-state index < -0.39 is 16.0 Å². The van der Waals surface area contributed by atoms with E-state index in [0.29, 0.717) is 18.8 Å². The summed E-state index contributed by atoms with van der Waals surface area (Å²) in [4.78, 5) is 26.3. The van der Waals surface area contributed by atoms with E-state index in [1.165, 1.54) is 28.6 Å². The van der Waals surface area contributed by atoms with Gasteiger partial charge in [-0.15, -0.1) is 0 Å². The summed E-state index contributed by atoms with van der Waals surface area (Å²) < 4.78 is 32.7. The number of carbonyl (C=O) groups excluding carboxylic acids is 2. The van der Waals surface area contributed by atoms with Crippen LogP contribution in [0.3, 0.4) is 0 Å². The smallest absolute Gasteiger partial charge is 0.338 e. The molecule has 0 unspecified atom stereocenters. The fourth-order valence-corrected chi connectivity index (χ4v) is 4.96. The Balaban J connectivity index is 1.73. The Hall–Kier alpha value is -2.87. The van der Waals surface area contributed by atoms with E-state index in [0.717, 1.165) is 19.3 Å². The van der Waals surface area contributed by atoms with Crippen LogP contribution < -0.4 is 4.31 Å². The van der Waals surface area contributed by atoms with Gasteiger partial charge in [0.05, 0.1) is 16.1 Å². The lowest BCUT2D eigenvalue weighted by Gasteiger charge is -2.26. The summed E-state index contributed by atoms with van der Waals surface area (Å²) >= 11 is 0. The molecule has 0 aromatic heterocycles. The van der Waals surface area contributed by atoms with Crippen LogP contribution >= 0.6 is 0 Å². The first-order chi connectivity index (χ1) is 14.4. The highest BCUT2D eigenvalue weighted by atomic mass is 32.2. The third-order valence-electron chi connectivity index (χ3n) is 5.02. The first kappa shape index (κ1) is 21.8. The monoisotopic (exact) mass is 430 g/mol. The van der Waals surface area contributed by atoms with Crippen LogP contribution in [0, 0.1) is 0 Å². The zero-order valence-electron chi connectivity index (χ0n) is 17.0. The summed E-state index contributed by atoms with van der Waals surface area (Å²) in [6.45, 7) is 2.99. The maximum atomic E-state index is 13.1. The summed E-state index contributed by atoms with van der Waals surface area (Å²) in [5, 5.41) is 0. The number of amides is 1. The molecule has 2 aromatic carbocycles. The predicted molar refractivity (Wildman–Crippen MR) is 114 cm³/mol. The standard InChI is InChI=1S/C22H26N2O5S/c1-2-24(19-11-5-3-6-12-19)30(27,28)20-13-9-10-18(16-20)22(26)29-17-21(25)23-14-7-4-8-15-23/h3,5-6,9-13,16H,2,4,7-8,14-15,17H2,1H3. The van der Waals surface area contributed by atoms with E-state index in [4.69, 9.17) is 4.74 Å². The minimum atomic E-state index is -3.86. The number of esters is 1. The zero-order chi connectivity index (χ0) is 21.6. The molecular formula is C22H26N2O5S. The minimum Gasteiger partial charge on any atom is -0.452 e. The van der Waals surface area contributed by atoms with Crippen molar-refractivity contribution in [1.82, 2.24) is 4.90 Å². The number of nitrogens with zero attached hydrogens (tertiary/aromatic N) is 2. The van der Waals surface area contributed by atoms with Crippen molar-refractivity contribution in [2.45, 2.75) is 31.1 Å². The number of ether oxygens (including phenoxy) is 1. The molecule has 1 fully saturated rings. The molecule has 8 heteroatoms. The predicted octanol–water partition coefficient (Wildman–Crippen LogP) is 3.07. The van der Waals surface area contributed by atoms with Crippen LogP contribution in [0.5, 0.6) is 0 Å². The molecule has 0 saturated carbocycles. The van der Waals surface area contributed by atoms with E-state index in [-0.39, 0.29) is 29.5 Å². The van der Waals surface area contributed by atoms with Crippen LogP contribution in [-0.2, 0) is 19.6 Å². The summed E-state index contributed by atoms with van der Waals surface area (Å²) in [6, 6.07) is 14.5. The van der Waals surface area contributed by atoms with Gasteiger partial charge >= 0.3 is 5.97 Å². The van der Waals surface area contributed by atoms with Crippen molar-refractivity contribution in [2.75, 3.05) is 30.5 Å². The van der Waals surface area contributed by atoms with Gasteiger partial charge in [-0.1, -0.05) is 24.3 Å². The molecule has 2 aromatic rings. The Morgan fingerprint density at radius 1 is 1.00 bits per heavy atom. The lowest BCUT2D eigenvalue weighted by Crippen LogP contribution is -2.38. The topological polar surface area (TPSA) is 84.0 Å². The van der Waals surface area contributed by atoms with Crippen molar-refractivity contribution in [3.05, 3.63) is 60.2 Å². The van der Waals surface area contributed by atoms with E-state index in [2.05, 4.69) is 0 Å². The maximum Gasteiger partial charge on any atom is 0.338 e. The van der Waals surface area contributed by atoms with Crippen LogP contribution in [0.2, 0.25) is 0 Å². The number of sulfonamides is 1. The van der Waals surface area contributed by atoms with Gasteiger partial charge in [0.2, 0.25) is 0 Å². The van der Waals surface area contributed by atoms with Gasteiger partial charge in [-0.3, -0.25) is 9.10 Å². The number of carbonyl (C=O) groups is 2. The fourth-order valence-electron chi connectivity index (χ4n) is 3.44. The molecule has 1 aliphatic rings. The Bertz CT molecular complexity index is 986. The summed E-state index contributed by atoms with van der Waals surface area (Å²) in [7, 11) is -3.86. The second-order valence-electron chi connectivity index (χ2n) is 7.05. The molecule has 30 heavy (non-hydrogen) atoms. The number of anilines is 1. The second kappa shape index (κ2) is 9.75. The highest BCUT2D eigenvalue weighted by Gasteiger charge is 2.25. The van der Waals surface area contributed by atoms with Gasteiger partial charge in [-0.2, -0.15) is 0 Å². The van der Waals surface area contributed by atoms with Crippen molar-refractivity contribution in [3.63, 3.8) is 0 Å². The van der Waals surface area contributed by atoms with Gasteiger partial charge in [0.15, 0.2) is 6.61 Å². The maximum absolute atomic E-state index is 13.1. The van der Waals surface area contributed by atoms with Crippen molar-refractivity contribution in [2.24, 2.45) is 0 Å². The molecule has 0 radical (unpaired) electrons. The Labute approximate surface area is 177 Å². The van der Waals surface area contributed by atoms with Crippen molar-refractivity contribution in [3.8, 4) is 0 Å². The molecule has 0 atom stereocenters. The molecule has 0 N–H and O–H groups in total. The molecule has 3 rings (SSSR count). The van der Waals surface area contributed by atoms with Crippen molar-refractivity contribution in [1.29, 1.82) is 0 Å². The highest BCUT2D eigenvalue weighted by Crippen LogP contribution is 2.24. The Kier molecular flexibility index (Phi) is 7.10. The van der Waals surface area contributed by atoms with Crippen LogP contribution in [0.4, 0.5) is 5.69 Å². The first-order valence-electron chi connectivity index (χ1n) is 10.1. The van der Waals surface area contributed by atoms with Gasteiger partial charge in [-0.25, -0.2) is 13.2 Å². The quantitative estimate of drug-likeness (QED) is 0.631. The second-order valence-corrected chi connectivity index (χ2v) is 8.91. The average Bonchev–Trinajstić information content (AvgIpc) is 2.79. The normalized spacial score (nSPS) is 14.2. The van der Waals surface area contributed by atoms with Crippen LogP contribution in [0.1, 0.15) is 36.5 Å². The molecule has 1 heterocycles. The van der Waals surface area contributed by atoms with E-state index in [1.807, 2.05) is 6.07 Å². The number of likely N-dealkylation sites (tertiary alicyclic amines) is 1. The minimum absolute atomic E-state index is 0.00925. The first-order valence-corrected chi connectivity index (χ1v) is 11.5. The summed E-state index contributed by atoms with van der Waals surface area (Å²) in [5.74, 6) is -0.951. The Morgan fingerprint density at radius 3 is 2.37 bits per heavy atom. The molecule has 160 valence electrons. The lowest BCUT2D eigenvalue weighted by atomic mass is 10.1. The van der Waals surface area contributed by atoms with Gasteiger partial charge in [0.25, 0.3) is 15.9 Å². The number of piperidine rings is 1. The zero-order valence-corrected chi connectivity index (χ0v) is 17.8. The fraction of sp³-hybridized carbons (Fsp3) is 0.364. The van der Waals surface area contributed by atoms with E-state index in [1.54, 1.807) is 36.1 Å². The molecule has 0 aliphatic carbocycles. The van der Waals surface area contributed by atoms with Gasteiger partial charge < -0.3 is 9.64 Å². The summed E-state index contributed by atoms with van der Waals surface area (Å²) in [6.07, 6.45) is 3.01. The number of benzene rings is 2. The molecule has 0 bridgehead atoms. The van der Waals surface area contributed by atoms with Crippen LogP contribution in [-0.4, -0.2) is 51.4 Å². The molecule has 7 nitrogen and oxygen atoms in total. The molecule has 0 spiro atoms. The number of hydrogen-bond donors (Lipinski definition) is 0. The third-order valence-corrected chi connectivity index (χ3v) is 6.92. The number of hydrogen-bond acceptors (Lipinski definition) is 5. The largest absolute Gasteiger partial charge is 0.452 e. The highest BCUT2D eigenvalue weighted by molar-refractivity contribution is 7.92. The number of para-hydroxylation sites is 1. The van der Waals surface area contributed by atoms with Crippen molar-refractivity contribution >= 4 is 27.6 Å². The van der Waals surface area contributed by atoms with Gasteiger partial charge in [-0.05, 0) is 56.5 Å². The molecule has 1 amide bonds. The van der Waals surface area contributed by atoms with Crippen molar-refractivity contribution < 1.29 is 22.7 Å². The third kappa shape index (κ3) is 4.99.